The zero-order valence-corrected chi connectivity index (χ0v) is 20.4. The van der Waals surface area contributed by atoms with E-state index in [4.69, 9.17) is 4.74 Å². The summed E-state index contributed by atoms with van der Waals surface area (Å²) in [5.74, 6) is 1.52. The smallest absolute Gasteiger partial charge is 0.225 e. The fourth-order valence-corrected chi connectivity index (χ4v) is 4.82. The zero-order valence-electron chi connectivity index (χ0n) is 19.6. The highest BCUT2D eigenvalue weighted by atomic mass is 35.5. The van der Waals surface area contributed by atoms with Crippen LogP contribution in [0.5, 0.6) is 5.75 Å². The molecule has 1 aliphatic heterocycles. The van der Waals surface area contributed by atoms with Crippen LogP contribution in [0.25, 0.3) is 10.9 Å². The fourth-order valence-electron chi connectivity index (χ4n) is 4.82. The first-order chi connectivity index (χ1) is 16.7. The lowest BCUT2D eigenvalue weighted by molar-refractivity contribution is -0.117. The van der Waals surface area contributed by atoms with E-state index in [0.29, 0.717) is 6.42 Å². The van der Waals surface area contributed by atoms with Crippen LogP contribution >= 0.6 is 12.4 Å². The van der Waals surface area contributed by atoms with E-state index in [-0.39, 0.29) is 23.7 Å². The standard InChI is InChI=1S/C27H27N5O2.ClH/c1-34-21-7-2-6-20(18-21)27(11-16-32(17-12-27)26-29-14-5-15-30-26)19-25(33)31-24-10-3-9-23-22(24)8-4-13-28-23;/h2-10,13-15,18H,11-12,16-17,19H2,1H3,(H,31,33);1H. The Morgan fingerprint density at radius 3 is 2.49 bits per heavy atom. The average Bonchev–Trinajstić information content (AvgIpc) is 2.90. The summed E-state index contributed by atoms with van der Waals surface area (Å²) in [5, 5.41) is 4.08. The molecule has 0 unspecified atom stereocenters. The molecular formula is C27H28ClN5O2. The Balaban J connectivity index is 0.00000289. The van der Waals surface area contributed by atoms with E-state index < -0.39 is 0 Å². The van der Waals surface area contributed by atoms with Gasteiger partial charge in [-0.2, -0.15) is 0 Å². The molecule has 0 spiro atoms. The Morgan fingerprint density at radius 1 is 0.971 bits per heavy atom. The highest BCUT2D eigenvalue weighted by molar-refractivity contribution is 6.01. The Hall–Kier alpha value is -3.71. The van der Waals surface area contributed by atoms with Crippen molar-refractivity contribution in [3.05, 3.63) is 84.8 Å². The van der Waals surface area contributed by atoms with Gasteiger partial charge in [-0.3, -0.25) is 9.78 Å². The number of carbonyl (C=O) groups excluding carboxylic acids is 1. The second-order valence-electron chi connectivity index (χ2n) is 8.65. The van der Waals surface area contributed by atoms with Crippen LogP contribution in [0.15, 0.2) is 79.3 Å². The number of anilines is 2. The second kappa shape index (κ2) is 10.7. The van der Waals surface area contributed by atoms with Crippen molar-refractivity contribution < 1.29 is 9.53 Å². The zero-order chi connectivity index (χ0) is 23.4. The summed E-state index contributed by atoms with van der Waals surface area (Å²) in [5.41, 5.74) is 2.45. The summed E-state index contributed by atoms with van der Waals surface area (Å²) in [7, 11) is 1.67. The molecule has 0 aliphatic carbocycles. The topological polar surface area (TPSA) is 80.2 Å². The van der Waals surface area contributed by atoms with Crippen LogP contribution < -0.4 is 15.0 Å². The molecule has 1 amide bonds. The SMILES string of the molecule is COc1cccc(C2(CC(=O)Nc3cccc4ncccc34)CCN(c3ncccn3)CC2)c1.Cl. The van der Waals surface area contributed by atoms with Crippen LogP contribution in [0, 0.1) is 0 Å². The van der Waals surface area contributed by atoms with Gasteiger partial charge in [-0.15, -0.1) is 12.4 Å². The number of methoxy groups -OCH3 is 1. The first-order valence-corrected chi connectivity index (χ1v) is 11.5. The van der Waals surface area contributed by atoms with Crippen LogP contribution in [-0.2, 0) is 10.2 Å². The van der Waals surface area contributed by atoms with Crippen molar-refractivity contribution in [3.8, 4) is 5.75 Å². The Kier molecular flexibility index (Phi) is 7.46. The molecule has 2 aromatic carbocycles. The molecule has 180 valence electrons. The van der Waals surface area contributed by atoms with Gasteiger partial charge >= 0.3 is 0 Å². The number of hydrogen-bond acceptors (Lipinski definition) is 6. The van der Waals surface area contributed by atoms with Gasteiger partial charge in [0.15, 0.2) is 0 Å². The van der Waals surface area contributed by atoms with E-state index in [1.54, 1.807) is 25.7 Å². The molecule has 1 saturated heterocycles. The maximum Gasteiger partial charge on any atom is 0.225 e. The van der Waals surface area contributed by atoms with E-state index in [1.165, 1.54) is 0 Å². The molecule has 35 heavy (non-hydrogen) atoms. The van der Waals surface area contributed by atoms with Crippen molar-refractivity contribution in [2.24, 2.45) is 0 Å². The number of halogens is 1. The molecule has 8 heteroatoms. The van der Waals surface area contributed by atoms with Gasteiger partial charge in [-0.1, -0.05) is 18.2 Å². The molecule has 0 radical (unpaired) electrons. The molecule has 0 bridgehead atoms. The fraction of sp³-hybridized carbons (Fsp3) is 0.259. The molecule has 1 aliphatic rings. The normalized spacial score (nSPS) is 14.7. The predicted molar refractivity (Wildman–Crippen MR) is 140 cm³/mol. The maximum absolute atomic E-state index is 13.4. The molecule has 7 nitrogen and oxygen atoms in total. The summed E-state index contributed by atoms with van der Waals surface area (Å²) in [6.07, 6.45) is 7.28. The van der Waals surface area contributed by atoms with Crippen molar-refractivity contribution in [1.29, 1.82) is 0 Å². The number of piperidine rings is 1. The van der Waals surface area contributed by atoms with Crippen molar-refractivity contribution in [1.82, 2.24) is 15.0 Å². The number of ether oxygens (including phenoxy) is 1. The molecular weight excluding hydrogens is 462 g/mol. The average molecular weight is 490 g/mol. The molecule has 0 saturated carbocycles. The molecule has 3 heterocycles. The van der Waals surface area contributed by atoms with Gasteiger partial charge in [0, 0.05) is 48.9 Å². The largest absolute Gasteiger partial charge is 0.497 e. The van der Waals surface area contributed by atoms with Crippen molar-refractivity contribution >= 4 is 40.9 Å². The van der Waals surface area contributed by atoms with Crippen LogP contribution in [0.4, 0.5) is 11.6 Å². The molecule has 4 aromatic rings. The third-order valence-electron chi connectivity index (χ3n) is 6.66. The third kappa shape index (κ3) is 5.20. The first kappa shape index (κ1) is 24.4. The molecule has 2 aromatic heterocycles. The maximum atomic E-state index is 13.4. The summed E-state index contributed by atoms with van der Waals surface area (Å²) in [4.78, 5) is 28.8. The Labute approximate surface area is 211 Å². The van der Waals surface area contributed by atoms with Crippen molar-refractivity contribution in [2.45, 2.75) is 24.7 Å². The number of nitrogens with one attached hydrogen (secondary N) is 1. The van der Waals surface area contributed by atoms with E-state index in [2.05, 4.69) is 37.3 Å². The highest BCUT2D eigenvalue weighted by Crippen LogP contribution is 2.41. The minimum Gasteiger partial charge on any atom is -0.497 e. The third-order valence-corrected chi connectivity index (χ3v) is 6.66. The molecule has 0 atom stereocenters. The predicted octanol–water partition coefficient (Wildman–Crippen LogP) is 5.02. The van der Waals surface area contributed by atoms with Gasteiger partial charge < -0.3 is 15.0 Å². The lowest BCUT2D eigenvalue weighted by atomic mass is 9.70. The number of amides is 1. The minimum absolute atomic E-state index is 0. The van der Waals surface area contributed by atoms with Crippen LogP contribution in [0.1, 0.15) is 24.8 Å². The van der Waals surface area contributed by atoms with Gasteiger partial charge in [0.25, 0.3) is 0 Å². The van der Waals surface area contributed by atoms with Gasteiger partial charge in [-0.25, -0.2) is 9.97 Å². The summed E-state index contributed by atoms with van der Waals surface area (Å²) in [6.45, 7) is 1.54. The summed E-state index contributed by atoms with van der Waals surface area (Å²) < 4.78 is 5.49. The van der Waals surface area contributed by atoms with Crippen molar-refractivity contribution in [3.63, 3.8) is 0 Å². The molecule has 5 rings (SSSR count). The van der Waals surface area contributed by atoms with E-state index in [0.717, 1.165) is 59.8 Å². The minimum atomic E-state index is -0.313. The van der Waals surface area contributed by atoms with E-state index >= 15 is 0 Å². The number of nitrogens with zero attached hydrogens (tertiary/aromatic N) is 4. The monoisotopic (exact) mass is 489 g/mol. The van der Waals surface area contributed by atoms with Gasteiger partial charge in [0.2, 0.25) is 11.9 Å². The van der Waals surface area contributed by atoms with Crippen LogP contribution in [-0.4, -0.2) is 41.1 Å². The lowest BCUT2D eigenvalue weighted by Crippen LogP contribution is -2.45. The van der Waals surface area contributed by atoms with E-state index in [9.17, 15) is 4.79 Å². The van der Waals surface area contributed by atoms with Gasteiger partial charge in [0.1, 0.15) is 5.75 Å². The van der Waals surface area contributed by atoms with Gasteiger partial charge in [-0.05, 0) is 60.9 Å². The second-order valence-corrected chi connectivity index (χ2v) is 8.65. The lowest BCUT2D eigenvalue weighted by Gasteiger charge is -2.42. The summed E-state index contributed by atoms with van der Waals surface area (Å²) in [6, 6.07) is 19.6. The van der Waals surface area contributed by atoms with Crippen LogP contribution in [0.2, 0.25) is 0 Å². The highest BCUT2D eigenvalue weighted by Gasteiger charge is 2.39. The quantitative estimate of drug-likeness (QED) is 0.409. The summed E-state index contributed by atoms with van der Waals surface area (Å²) >= 11 is 0. The number of benzene rings is 2. The number of aromatic nitrogens is 3. The number of carbonyl (C=O) groups is 1. The number of rotatable bonds is 6. The van der Waals surface area contributed by atoms with Crippen molar-refractivity contribution in [2.75, 3.05) is 30.4 Å². The number of fused-ring (bicyclic) bond motifs is 1. The van der Waals surface area contributed by atoms with Gasteiger partial charge in [0.05, 0.1) is 18.3 Å². The van der Waals surface area contributed by atoms with E-state index in [1.807, 2.05) is 48.5 Å². The Bertz CT molecular complexity index is 1290. The molecule has 1 fully saturated rings. The molecule has 1 N–H and O–H groups in total. The number of pyridine rings is 1. The number of hydrogen-bond donors (Lipinski definition) is 1. The first-order valence-electron chi connectivity index (χ1n) is 11.5. The van der Waals surface area contributed by atoms with Crippen LogP contribution in [0.3, 0.4) is 0 Å². The Morgan fingerprint density at radius 2 is 1.71 bits per heavy atom.